The van der Waals surface area contributed by atoms with Crippen molar-refractivity contribution in [1.29, 1.82) is 0 Å². The zero-order valence-corrected chi connectivity index (χ0v) is 25.0. The van der Waals surface area contributed by atoms with Crippen molar-refractivity contribution in [2.45, 2.75) is 43.1 Å². The fraction of sp³-hybridized carbons (Fsp3) is 0.189. The van der Waals surface area contributed by atoms with Crippen LogP contribution in [0.5, 0.6) is 0 Å². The predicted molar refractivity (Wildman–Crippen MR) is 173 cm³/mol. The van der Waals surface area contributed by atoms with Crippen LogP contribution in [-0.4, -0.2) is 27.9 Å². The molecule has 1 aromatic heterocycles. The van der Waals surface area contributed by atoms with Gasteiger partial charge in [0.2, 0.25) is 0 Å². The van der Waals surface area contributed by atoms with Gasteiger partial charge in [-0.05, 0) is 64.2 Å². The van der Waals surface area contributed by atoms with E-state index in [0.29, 0.717) is 18.5 Å². The van der Waals surface area contributed by atoms with Crippen LogP contribution in [0.25, 0.3) is 11.1 Å². The molecule has 44 heavy (non-hydrogen) atoms. The van der Waals surface area contributed by atoms with E-state index in [-0.39, 0.29) is 24.7 Å². The molecule has 1 aliphatic rings. The second-order valence-corrected chi connectivity index (χ2v) is 11.7. The monoisotopic (exact) mass is 602 g/mol. The summed E-state index contributed by atoms with van der Waals surface area (Å²) in [5, 5.41) is 13.5. The Kier molecular flexibility index (Phi) is 9.79. The summed E-state index contributed by atoms with van der Waals surface area (Å²) < 4.78 is 13.1. The molecule has 2 N–H and O–H groups in total. The molecule has 0 spiro atoms. The highest BCUT2D eigenvalue weighted by atomic mass is 32.2. The molecule has 0 unspecified atom stereocenters. The smallest absolute Gasteiger partial charge is 0.251 e. The normalized spacial score (nSPS) is 18.1. The zero-order valence-electron chi connectivity index (χ0n) is 24.2. The van der Waals surface area contributed by atoms with Gasteiger partial charge in [-0.3, -0.25) is 4.79 Å². The lowest BCUT2D eigenvalue weighted by molar-refractivity contribution is -0.245. The van der Waals surface area contributed by atoms with Crippen molar-refractivity contribution in [1.82, 2.24) is 10.3 Å². The molecule has 0 saturated carbocycles. The Morgan fingerprint density at radius 3 is 2.34 bits per heavy atom. The van der Waals surface area contributed by atoms with Gasteiger partial charge in [0.05, 0.1) is 23.8 Å². The molecule has 1 saturated heterocycles. The molecule has 0 bridgehead atoms. The Labute approximate surface area is 262 Å². The van der Waals surface area contributed by atoms with Gasteiger partial charge in [0.25, 0.3) is 5.91 Å². The molecule has 2 heterocycles. The maximum Gasteiger partial charge on any atom is 0.251 e. The van der Waals surface area contributed by atoms with Crippen LogP contribution in [0.1, 0.15) is 51.4 Å². The van der Waals surface area contributed by atoms with Gasteiger partial charge in [0, 0.05) is 36.0 Å². The Balaban J connectivity index is 1.20. The molecule has 6 rings (SSSR count). The number of nitrogens with one attached hydrogen (secondary N) is 1. The number of ether oxygens (including phenoxy) is 2. The van der Waals surface area contributed by atoms with Crippen molar-refractivity contribution in [3.05, 3.63) is 155 Å². The van der Waals surface area contributed by atoms with E-state index in [0.717, 1.165) is 44.2 Å². The third kappa shape index (κ3) is 7.62. The van der Waals surface area contributed by atoms with Crippen molar-refractivity contribution >= 4 is 17.7 Å². The van der Waals surface area contributed by atoms with Crippen molar-refractivity contribution in [3.8, 4) is 11.1 Å². The van der Waals surface area contributed by atoms with E-state index < -0.39 is 6.29 Å². The van der Waals surface area contributed by atoms with Gasteiger partial charge in [0.15, 0.2) is 6.29 Å². The lowest BCUT2D eigenvalue weighted by Crippen LogP contribution is -2.31. The number of nitrogens with zero attached hydrogens (tertiary/aromatic N) is 1. The summed E-state index contributed by atoms with van der Waals surface area (Å²) in [6.45, 7) is 0.441. The number of thioether (sulfide) groups is 1. The molecule has 4 aromatic carbocycles. The van der Waals surface area contributed by atoms with Gasteiger partial charge in [0.1, 0.15) is 0 Å². The van der Waals surface area contributed by atoms with E-state index in [1.807, 2.05) is 97.1 Å². The van der Waals surface area contributed by atoms with E-state index in [2.05, 4.69) is 34.6 Å². The van der Waals surface area contributed by atoms with Crippen molar-refractivity contribution in [2.75, 3.05) is 5.75 Å². The Morgan fingerprint density at radius 2 is 1.57 bits per heavy atom. The molecule has 3 atom stereocenters. The van der Waals surface area contributed by atoms with Gasteiger partial charge in [-0.1, -0.05) is 84.9 Å². The number of aromatic nitrogens is 1. The second kappa shape index (κ2) is 14.5. The maximum absolute atomic E-state index is 12.6. The number of rotatable bonds is 10. The fourth-order valence-corrected chi connectivity index (χ4v) is 6.11. The Bertz CT molecular complexity index is 1660. The average molecular weight is 603 g/mol. The van der Waals surface area contributed by atoms with Crippen LogP contribution in [0.15, 0.2) is 133 Å². The van der Waals surface area contributed by atoms with E-state index in [1.54, 1.807) is 18.0 Å². The lowest BCUT2D eigenvalue weighted by atomic mass is 9.99. The molecule has 1 fully saturated rings. The minimum atomic E-state index is -0.547. The van der Waals surface area contributed by atoms with Gasteiger partial charge < -0.3 is 19.9 Å². The number of hydrogen-bond donors (Lipinski definition) is 2. The van der Waals surface area contributed by atoms with Crippen LogP contribution in [0.4, 0.5) is 0 Å². The van der Waals surface area contributed by atoms with Crippen LogP contribution in [-0.2, 0) is 22.6 Å². The largest absolute Gasteiger partial charge is 0.392 e. The zero-order chi connectivity index (χ0) is 30.1. The van der Waals surface area contributed by atoms with Crippen molar-refractivity contribution in [2.24, 2.45) is 0 Å². The Hall–Kier alpha value is -4.27. The average Bonchev–Trinajstić information content (AvgIpc) is 3.10. The molecule has 1 amide bonds. The first kappa shape index (κ1) is 29.8. The number of amides is 1. The molecular weight excluding hydrogens is 568 g/mol. The molecule has 0 radical (unpaired) electrons. The topological polar surface area (TPSA) is 80.7 Å². The number of carbonyl (C=O) groups excluding carboxylic acids is 1. The first-order valence-corrected chi connectivity index (χ1v) is 15.7. The van der Waals surface area contributed by atoms with Crippen LogP contribution >= 0.6 is 11.8 Å². The molecule has 5 aromatic rings. The van der Waals surface area contributed by atoms with E-state index >= 15 is 0 Å². The highest BCUT2D eigenvalue weighted by Gasteiger charge is 2.32. The standard InChI is InChI=1S/C37H34N2O4S/c40-24-26-15-17-28(18-16-26)34-22-33(25-44-35-14-4-5-19-38-35)42-37(43-34)32-13-7-12-31(21-32)30-11-6-8-27(20-30)23-39-36(41)29-9-2-1-3-10-29/h1-21,33-34,37,40H,22-25H2,(H,39,41)/t33-,34+,37+/m0/s1. The minimum Gasteiger partial charge on any atom is -0.392 e. The number of hydrogen-bond acceptors (Lipinski definition) is 6. The number of pyridine rings is 1. The van der Waals surface area contributed by atoms with Crippen LogP contribution in [0.2, 0.25) is 0 Å². The summed E-state index contributed by atoms with van der Waals surface area (Å²) in [7, 11) is 0. The highest BCUT2D eigenvalue weighted by molar-refractivity contribution is 7.99. The summed E-state index contributed by atoms with van der Waals surface area (Å²) in [5.41, 5.74) is 6.62. The molecule has 222 valence electrons. The molecule has 6 nitrogen and oxygen atoms in total. The molecular formula is C37H34N2O4S. The number of aliphatic hydroxyl groups is 1. The molecule has 7 heteroatoms. The lowest BCUT2D eigenvalue weighted by Gasteiger charge is -2.36. The van der Waals surface area contributed by atoms with Gasteiger partial charge >= 0.3 is 0 Å². The van der Waals surface area contributed by atoms with Crippen molar-refractivity contribution < 1.29 is 19.4 Å². The van der Waals surface area contributed by atoms with Crippen LogP contribution in [0.3, 0.4) is 0 Å². The molecule has 0 aliphatic carbocycles. The van der Waals surface area contributed by atoms with E-state index in [1.165, 1.54) is 0 Å². The summed E-state index contributed by atoms with van der Waals surface area (Å²) in [5.74, 6) is 0.652. The van der Waals surface area contributed by atoms with Crippen LogP contribution in [0, 0.1) is 0 Å². The highest BCUT2D eigenvalue weighted by Crippen LogP contribution is 2.40. The first-order chi connectivity index (χ1) is 21.6. The minimum absolute atomic E-state index is 0.00820. The third-order valence-corrected chi connectivity index (χ3v) is 8.65. The fourth-order valence-electron chi connectivity index (χ4n) is 5.23. The van der Waals surface area contributed by atoms with E-state index in [9.17, 15) is 9.90 Å². The predicted octanol–water partition coefficient (Wildman–Crippen LogP) is 7.51. The quantitative estimate of drug-likeness (QED) is 0.161. The summed E-state index contributed by atoms with van der Waals surface area (Å²) >= 11 is 1.68. The summed E-state index contributed by atoms with van der Waals surface area (Å²) in [4.78, 5) is 17.0. The van der Waals surface area contributed by atoms with Gasteiger partial charge in [-0.2, -0.15) is 0 Å². The SMILES string of the molecule is O=C(NCc1cccc(-c2cccc([C@@H]3O[C@H](CSc4ccccn4)C[C@H](c4ccc(CO)cc4)O3)c2)c1)c1ccccc1. The summed E-state index contributed by atoms with van der Waals surface area (Å²) in [6, 6.07) is 39.6. The number of benzene rings is 4. The van der Waals surface area contributed by atoms with E-state index in [4.69, 9.17) is 9.47 Å². The Morgan fingerprint density at radius 1 is 0.795 bits per heavy atom. The maximum atomic E-state index is 12.6. The van der Waals surface area contributed by atoms with Gasteiger partial charge in [-0.25, -0.2) is 4.98 Å². The summed E-state index contributed by atoms with van der Waals surface area (Å²) in [6.07, 6.45) is 1.76. The second-order valence-electron chi connectivity index (χ2n) is 10.7. The third-order valence-electron chi connectivity index (χ3n) is 7.58. The van der Waals surface area contributed by atoms with Crippen LogP contribution < -0.4 is 5.32 Å². The van der Waals surface area contributed by atoms with Crippen molar-refractivity contribution in [3.63, 3.8) is 0 Å². The number of carbonyl (C=O) groups is 1. The van der Waals surface area contributed by atoms with Gasteiger partial charge in [-0.15, -0.1) is 11.8 Å². The first-order valence-electron chi connectivity index (χ1n) is 14.7. The molecule has 1 aliphatic heterocycles. The number of aliphatic hydroxyl groups excluding tert-OH is 1.